The predicted octanol–water partition coefficient (Wildman–Crippen LogP) is 3.06. The largest absolute Gasteiger partial charge is 0.573 e. The van der Waals surface area contributed by atoms with Crippen LogP contribution in [0, 0.1) is 0 Å². The fraction of sp³-hybridized carbons (Fsp3) is 0.571. The van der Waals surface area contributed by atoms with Gasteiger partial charge < -0.3 is 14.0 Å². The van der Waals surface area contributed by atoms with Crippen LogP contribution in [-0.4, -0.2) is 25.2 Å². The van der Waals surface area contributed by atoms with E-state index in [4.69, 9.17) is 9.31 Å². The van der Waals surface area contributed by atoms with Crippen LogP contribution in [0.1, 0.15) is 33.3 Å². The summed E-state index contributed by atoms with van der Waals surface area (Å²) in [4.78, 5) is 0. The van der Waals surface area contributed by atoms with E-state index in [0.29, 0.717) is 17.4 Å². The van der Waals surface area contributed by atoms with Gasteiger partial charge >= 0.3 is 13.5 Å². The first-order valence-corrected chi connectivity index (χ1v) is 6.84. The maximum Gasteiger partial charge on any atom is 0.573 e. The van der Waals surface area contributed by atoms with Crippen molar-refractivity contribution in [2.24, 2.45) is 0 Å². The fourth-order valence-electron chi connectivity index (χ4n) is 2.14. The second-order valence-electron chi connectivity index (χ2n) is 5.60. The molecule has 0 amide bonds. The van der Waals surface area contributed by atoms with Gasteiger partial charge in [0.15, 0.2) is 0 Å². The van der Waals surface area contributed by atoms with Gasteiger partial charge in [-0.15, -0.1) is 13.2 Å². The predicted molar refractivity (Wildman–Crippen MR) is 73.6 cm³/mol. The van der Waals surface area contributed by atoms with Gasteiger partial charge in [-0.25, -0.2) is 0 Å². The Kier molecular flexibility index (Phi) is 4.26. The third-order valence-electron chi connectivity index (χ3n) is 3.68. The molecule has 0 spiro atoms. The van der Waals surface area contributed by atoms with Crippen molar-refractivity contribution in [1.29, 1.82) is 0 Å². The van der Waals surface area contributed by atoms with Crippen LogP contribution < -0.4 is 10.2 Å². The topological polar surface area (TPSA) is 27.7 Å². The van der Waals surface area contributed by atoms with Gasteiger partial charge in [0.25, 0.3) is 0 Å². The molecule has 1 aliphatic heterocycles. The van der Waals surface area contributed by atoms with E-state index in [1.54, 1.807) is 19.1 Å². The lowest BCUT2D eigenvalue weighted by molar-refractivity contribution is -0.274. The summed E-state index contributed by atoms with van der Waals surface area (Å²) in [7, 11) is -0.569. The Hall–Kier alpha value is -1.21. The summed E-state index contributed by atoms with van der Waals surface area (Å²) in [6.45, 7) is 7.51. The van der Waals surface area contributed by atoms with Crippen LogP contribution in [0.15, 0.2) is 18.2 Å². The van der Waals surface area contributed by atoms with Crippen molar-refractivity contribution >= 4 is 12.6 Å². The molecule has 0 saturated carbocycles. The van der Waals surface area contributed by atoms with E-state index in [1.165, 1.54) is 6.07 Å². The highest BCUT2D eigenvalue weighted by Gasteiger charge is 2.44. The van der Waals surface area contributed by atoms with Gasteiger partial charge in [-0.05, 0) is 44.3 Å². The van der Waals surface area contributed by atoms with Gasteiger partial charge in [0.2, 0.25) is 0 Å². The number of hydrogen-bond acceptors (Lipinski definition) is 3. The minimum absolute atomic E-state index is 0.0984. The smallest absolute Gasteiger partial charge is 0.406 e. The highest BCUT2D eigenvalue weighted by Crippen LogP contribution is 2.29. The first-order valence-electron chi connectivity index (χ1n) is 6.84. The van der Waals surface area contributed by atoms with E-state index < -0.39 is 19.1 Å². The van der Waals surface area contributed by atoms with E-state index in [2.05, 4.69) is 4.74 Å². The molecule has 1 unspecified atom stereocenters. The molecule has 1 atom stereocenters. The molecule has 3 nitrogen and oxygen atoms in total. The highest BCUT2D eigenvalue weighted by atomic mass is 19.4. The summed E-state index contributed by atoms with van der Waals surface area (Å²) in [5.74, 6) is -0.181. The fourth-order valence-corrected chi connectivity index (χ4v) is 2.14. The summed E-state index contributed by atoms with van der Waals surface area (Å²) >= 11 is 0. The van der Waals surface area contributed by atoms with Gasteiger partial charge in [0.1, 0.15) is 5.75 Å². The molecule has 1 fully saturated rings. The standard InChI is InChI=1S/C14H18BF3O3/c1-5-10-8-11(6-7-12(10)19-14(16,17)18)15-20-9(2)13(3,4)21-15/h6-9H,5H2,1-4H3. The Bertz CT molecular complexity index is 517. The minimum Gasteiger partial charge on any atom is -0.406 e. The molecule has 1 aliphatic rings. The molecular weight excluding hydrogens is 284 g/mol. The summed E-state index contributed by atoms with van der Waals surface area (Å²) in [6, 6.07) is 4.49. The lowest BCUT2D eigenvalue weighted by Gasteiger charge is -2.21. The molecule has 2 rings (SSSR count). The van der Waals surface area contributed by atoms with Crippen LogP contribution in [0.25, 0.3) is 0 Å². The minimum atomic E-state index is -4.69. The van der Waals surface area contributed by atoms with Gasteiger partial charge in [-0.3, -0.25) is 0 Å². The average Bonchev–Trinajstić information content (AvgIpc) is 2.62. The Morgan fingerprint density at radius 3 is 2.48 bits per heavy atom. The molecule has 0 N–H and O–H groups in total. The Balaban J connectivity index is 2.24. The molecule has 0 aromatic heterocycles. The van der Waals surface area contributed by atoms with Crippen LogP contribution in [0.2, 0.25) is 0 Å². The Morgan fingerprint density at radius 1 is 1.33 bits per heavy atom. The summed E-state index contributed by atoms with van der Waals surface area (Å²) < 4.78 is 52.6. The molecule has 116 valence electrons. The summed E-state index contributed by atoms with van der Waals surface area (Å²) in [6.07, 6.45) is -4.37. The molecule has 7 heteroatoms. The van der Waals surface area contributed by atoms with Crippen molar-refractivity contribution in [2.45, 2.75) is 52.2 Å². The van der Waals surface area contributed by atoms with Crippen molar-refractivity contribution in [3.05, 3.63) is 23.8 Å². The number of benzene rings is 1. The van der Waals surface area contributed by atoms with Crippen molar-refractivity contribution in [1.82, 2.24) is 0 Å². The third-order valence-corrected chi connectivity index (χ3v) is 3.68. The van der Waals surface area contributed by atoms with Crippen LogP contribution in [-0.2, 0) is 15.7 Å². The molecule has 0 bridgehead atoms. The zero-order valence-electron chi connectivity index (χ0n) is 12.5. The molecule has 1 aromatic rings. The van der Waals surface area contributed by atoms with Gasteiger partial charge in [0.05, 0.1) is 11.7 Å². The molecule has 21 heavy (non-hydrogen) atoms. The number of rotatable bonds is 3. The number of halogens is 3. The second-order valence-corrected chi connectivity index (χ2v) is 5.60. The van der Waals surface area contributed by atoms with Crippen LogP contribution in [0.3, 0.4) is 0 Å². The molecule has 0 radical (unpaired) electrons. The van der Waals surface area contributed by atoms with E-state index in [1.807, 2.05) is 20.8 Å². The molecule has 0 aliphatic carbocycles. The van der Waals surface area contributed by atoms with E-state index in [9.17, 15) is 13.2 Å². The van der Waals surface area contributed by atoms with E-state index >= 15 is 0 Å². The van der Waals surface area contributed by atoms with Crippen LogP contribution in [0.5, 0.6) is 5.75 Å². The van der Waals surface area contributed by atoms with Crippen LogP contribution in [0.4, 0.5) is 13.2 Å². The Labute approximate surface area is 122 Å². The van der Waals surface area contributed by atoms with Crippen molar-refractivity contribution < 1.29 is 27.2 Å². The normalized spacial score (nSPS) is 21.7. The quantitative estimate of drug-likeness (QED) is 0.803. The first kappa shape index (κ1) is 16.2. The zero-order valence-corrected chi connectivity index (χ0v) is 12.5. The molecule has 1 saturated heterocycles. The number of hydrogen-bond donors (Lipinski definition) is 0. The second kappa shape index (κ2) is 5.53. The van der Waals surface area contributed by atoms with Crippen molar-refractivity contribution in [3.63, 3.8) is 0 Å². The average molecular weight is 302 g/mol. The highest BCUT2D eigenvalue weighted by molar-refractivity contribution is 6.62. The molecule has 1 aromatic carbocycles. The number of alkyl halides is 3. The number of aryl methyl sites for hydroxylation is 1. The van der Waals surface area contributed by atoms with Gasteiger partial charge in [-0.2, -0.15) is 0 Å². The monoisotopic (exact) mass is 302 g/mol. The maximum absolute atomic E-state index is 12.3. The van der Waals surface area contributed by atoms with Crippen LogP contribution >= 0.6 is 0 Å². The van der Waals surface area contributed by atoms with Gasteiger partial charge in [0, 0.05) is 0 Å². The van der Waals surface area contributed by atoms with E-state index in [0.717, 1.165) is 0 Å². The molecule has 1 heterocycles. The first-order chi connectivity index (χ1) is 9.62. The Morgan fingerprint density at radius 2 is 2.00 bits per heavy atom. The SMILES string of the molecule is CCc1cc(B2OC(C)C(C)(C)O2)ccc1OC(F)(F)F. The summed E-state index contributed by atoms with van der Waals surface area (Å²) in [5.41, 5.74) is 0.728. The molecular formula is C14H18BF3O3. The van der Waals surface area contributed by atoms with Gasteiger partial charge in [-0.1, -0.05) is 19.1 Å². The lowest BCUT2D eigenvalue weighted by atomic mass is 9.78. The lowest BCUT2D eigenvalue weighted by Crippen LogP contribution is -2.35. The van der Waals surface area contributed by atoms with E-state index in [-0.39, 0.29) is 11.9 Å². The zero-order chi connectivity index (χ0) is 15.8. The van der Waals surface area contributed by atoms with Crippen molar-refractivity contribution in [3.8, 4) is 5.75 Å². The maximum atomic E-state index is 12.3. The summed E-state index contributed by atoms with van der Waals surface area (Å²) in [5, 5.41) is 0. The van der Waals surface area contributed by atoms with Crippen molar-refractivity contribution in [2.75, 3.05) is 0 Å². The third kappa shape index (κ3) is 3.71. The number of ether oxygens (including phenoxy) is 1.